The van der Waals surface area contributed by atoms with E-state index in [1.165, 1.54) is 0 Å². The summed E-state index contributed by atoms with van der Waals surface area (Å²) in [4.78, 5) is 15.6. The topological polar surface area (TPSA) is 90.0 Å². The van der Waals surface area contributed by atoms with Crippen LogP contribution in [-0.2, 0) is 13.1 Å². The zero-order valence-electron chi connectivity index (χ0n) is 19.5. The van der Waals surface area contributed by atoms with Crippen LogP contribution in [0, 0.1) is 23.7 Å². The van der Waals surface area contributed by atoms with Crippen LogP contribution in [0.4, 0.5) is 11.8 Å². The Morgan fingerprint density at radius 3 is 2.56 bits per heavy atom. The second-order valence-corrected chi connectivity index (χ2v) is 10.7. The summed E-state index contributed by atoms with van der Waals surface area (Å²) in [5.41, 5.74) is 2.64. The van der Waals surface area contributed by atoms with Gasteiger partial charge in [-0.15, -0.1) is 10.2 Å². The fourth-order valence-corrected chi connectivity index (χ4v) is 5.49. The summed E-state index contributed by atoms with van der Waals surface area (Å²) >= 11 is 6.36. The second-order valence-electron chi connectivity index (χ2n) is 10.3. The number of hydrogen-bond acceptors (Lipinski definition) is 8. The molecule has 0 N–H and O–H groups in total. The summed E-state index contributed by atoms with van der Waals surface area (Å²) in [6.45, 7) is 10.8. The molecule has 3 aromatic rings. The van der Waals surface area contributed by atoms with Gasteiger partial charge in [-0.1, -0.05) is 11.6 Å². The van der Waals surface area contributed by atoms with E-state index in [-0.39, 0.29) is 5.41 Å². The standard InChI is InChI=1S/C24H26ClN9/c1-16-7-27-8-20(28-16)31-12-24(13-31)14-32(15-24)22-30-29-21-10-33(23(2,3)11-26)9-17-6-18(25)4-5-19(17)34(21)22/h4-8H,9-10,12-15H2,1-3H3. The van der Waals surface area contributed by atoms with Gasteiger partial charge >= 0.3 is 0 Å². The number of aromatic nitrogens is 5. The van der Waals surface area contributed by atoms with E-state index in [9.17, 15) is 5.26 Å². The molecule has 3 aliphatic heterocycles. The van der Waals surface area contributed by atoms with E-state index >= 15 is 0 Å². The van der Waals surface area contributed by atoms with Crippen molar-refractivity contribution in [2.24, 2.45) is 5.41 Å². The molecule has 6 rings (SSSR count). The minimum atomic E-state index is -0.643. The lowest BCUT2D eigenvalue weighted by atomic mass is 9.73. The van der Waals surface area contributed by atoms with Crippen molar-refractivity contribution in [3.8, 4) is 11.8 Å². The van der Waals surface area contributed by atoms with Crippen LogP contribution in [0.1, 0.15) is 30.9 Å². The molecule has 2 fully saturated rings. The van der Waals surface area contributed by atoms with Crippen molar-refractivity contribution in [3.05, 3.63) is 52.7 Å². The molecule has 0 amide bonds. The first-order chi connectivity index (χ1) is 16.3. The molecule has 10 heteroatoms. The maximum absolute atomic E-state index is 9.76. The summed E-state index contributed by atoms with van der Waals surface area (Å²) in [6, 6.07) is 8.35. The molecule has 0 aliphatic carbocycles. The van der Waals surface area contributed by atoms with E-state index in [0.29, 0.717) is 18.1 Å². The van der Waals surface area contributed by atoms with Gasteiger partial charge in [-0.25, -0.2) is 4.98 Å². The first-order valence-corrected chi connectivity index (χ1v) is 11.8. The van der Waals surface area contributed by atoms with Gasteiger partial charge < -0.3 is 9.80 Å². The first-order valence-electron chi connectivity index (χ1n) is 11.4. The van der Waals surface area contributed by atoms with Crippen LogP contribution in [0.3, 0.4) is 0 Å². The van der Waals surface area contributed by atoms with E-state index in [0.717, 1.165) is 60.7 Å². The lowest BCUT2D eigenvalue weighted by Crippen LogP contribution is -2.73. The van der Waals surface area contributed by atoms with Gasteiger partial charge in [0.1, 0.15) is 11.4 Å². The van der Waals surface area contributed by atoms with Gasteiger partial charge in [-0.05, 0) is 44.5 Å². The Balaban J connectivity index is 1.27. The number of fused-ring (bicyclic) bond motifs is 3. The fraction of sp³-hybridized carbons (Fsp3) is 0.458. The number of benzene rings is 1. The Hall–Kier alpha value is -3.22. The largest absolute Gasteiger partial charge is 0.354 e. The molecule has 9 nitrogen and oxygen atoms in total. The second kappa shape index (κ2) is 7.39. The molecule has 5 heterocycles. The number of nitrogens with zero attached hydrogens (tertiary/aromatic N) is 9. The molecular weight excluding hydrogens is 450 g/mol. The molecule has 174 valence electrons. The fourth-order valence-electron chi connectivity index (χ4n) is 5.29. The minimum absolute atomic E-state index is 0.250. The maximum Gasteiger partial charge on any atom is 0.231 e. The summed E-state index contributed by atoms with van der Waals surface area (Å²) in [5.74, 6) is 2.65. The predicted molar refractivity (Wildman–Crippen MR) is 129 cm³/mol. The molecule has 0 unspecified atom stereocenters. The van der Waals surface area contributed by atoms with Crippen molar-refractivity contribution in [3.63, 3.8) is 0 Å². The highest BCUT2D eigenvalue weighted by Crippen LogP contribution is 2.44. The number of halogens is 1. The summed E-state index contributed by atoms with van der Waals surface area (Å²) in [5, 5.41) is 19.6. The monoisotopic (exact) mass is 475 g/mol. The van der Waals surface area contributed by atoms with Crippen LogP contribution in [-0.4, -0.2) is 61.4 Å². The van der Waals surface area contributed by atoms with Gasteiger partial charge in [0, 0.05) is 49.4 Å². The Labute approximate surface area is 203 Å². The van der Waals surface area contributed by atoms with Crippen molar-refractivity contribution in [1.29, 1.82) is 5.26 Å². The Morgan fingerprint density at radius 1 is 1.06 bits per heavy atom. The molecule has 2 saturated heterocycles. The average Bonchev–Trinajstić information content (AvgIpc) is 3.06. The van der Waals surface area contributed by atoms with Crippen molar-refractivity contribution in [2.75, 3.05) is 36.0 Å². The maximum atomic E-state index is 9.76. The van der Waals surface area contributed by atoms with Crippen LogP contribution < -0.4 is 9.80 Å². The van der Waals surface area contributed by atoms with E-state index in [4.69, 9.17) is 11.6 Å². The van der Waals surface area contributed by atoms with Crippen molar-refractivity contribution in [2.45, 2.75) is 39.4 Å². The Bertz CT molecular complexity index is 1310. The van der Waals surface area contributed by atoms with E-state index < -0.39 is 5.54 Å². The number of rotatable bonds is 3. The highest BCUT2D eigenvalue weighted by Gasteiger charge is 2.53. The molecule has 34 heavy (non-hydrogen) atoms. The highest BCUT2D eigenvalue weighted by molar-refractivity contribution is 6.30. The van der Waals surface area contributed by atoms with Crippen LogP contribution in [0.5, 0.6) is 0 Å². The van der Waals surface area contributed by atoms with Crippen LogP contribution in [0.2, 0.25) is 5.02 Å². The number of anilines is 2. The van der Waals surface area contributed by atoms with Crippen LogP contribution in [0.15, 0.2) is 30.6 Å². The SMILES string of the molecule is Cc1cncc(N2CC3(C2)CN(c2nnc4n2-c2ccc(Cl)cc2CN(C(C)(C)C#N)C4)C3)n1. The van der Waals surface area contributed by atoms with E-state index in [1.54, 1.807) is 6.20 Å². The lowest BCUT2D eigenvalue weighted by Gasteiger charge is -2.60. The van der Waals surface area contributed by atoms with Gasteiger partial charge in [0.05, 0.1) is 30.2 Å². The van der Waals surface area contributed by atoms with Gasteiger partial charge in [0.25, 0.3) is 0 Å². The first kappa shape index (κ1) is 21.3. The third kappa shape index (κ3) is 3.32. The van der Waals surface area contributed by atoms with Crippen LogP contribution >= 0.6 is 11.6 Å². The van der Waals surface area contributed by atoms with Crippen molar-refractivity contribution in [1.82, 2.24) is 29.6 Å². The van der Waals surface area contributed by atoms with Gasteiger partial charge in [0.2, 0.25) is 5.95 Å². The molecule has 3 aliphatic rings. The molecule has 1 spiro atoms. The summed E-state index contributed by atoms with van der Waals surface area (Å²) in [7, 11) is 0. The molecular formula is C24H26ClN9. The molecule has 1 aromatic carbocycles. The molecule has 0 radical (unpaired) electrons. The molecule has 0 bridgehead atoms. The van der Waals surface area contributed by atoms with Crippen LogP contribution in [0.25, 0.3) is 5.69 Å². The third-order valence-corrected chi connectivity index (χ3v) is 7.44. The minimum Gasteiger partial charge on any atom is -0.354 e. The Kier molecular flexibility index (Phi) is 4.63. The van der Waals surface area contributed by atoms with Gasteiger partial charge in [0.15, 0.2) is 5.82 Å². The average molecular weight is 476 g/mol. The van der Waals surface area contributed by atoms with Crippen molar-refractivity contribution < 1.29 is 0 Å². The summed E-state index contributed by atoms with van der Waals surface area (Å²) < 4.78 is 2.15. The number of hydrogen-bond donors (Lipinski definition) is 0. The van der Waals surface area contributed by atoms with Crippen molar-refractivity contribution >= 4 is 23.4 Å². The number of nitriles is 1. The third-order valence-electron chi connectivity index (χ3n) is 7.21. The zero-order chi connectivity index (χ0) is 23.7. The van der Waals surface area contributed by atoms with Gasteiger partial charge in [-0.2, -0.15) is 5.26 Å². The normalized spacial score (nSPS) is 19.0. The number of aryl methyl sites for hydroxylation is 1. The summed E-state index contributed by atoms with van der Waals surface area (Å²) in [6.07, 6.45) is 3.62. The molecule has 2 aromatic heterocycles. The predicted octanol–water partition coefficient (Wildman–Crippen LogP) is 2.96. The highest BCUT2D eigenvalue weighted by atomic mass is 35.5. The quantitative estimate of drug-likeness (QED) is 0.571. The zero-order valence-corrected chi connectivity index (χ0v) is 20.3. The smallest absolute Gasteiger partial charge is 0.231 e. The Morgan fingerprint density at radius 2 is 1.82 bits per heavy atom. The van der Waals surface area contributed by atoms with E-state index in [1.807, 2.05) is 45.2 Å². The molecule has 0 atom stereocenters. The lowest BCUT2D eigenvalue weighted by molar-refractivity contribution is 0.147. The van der Waals surface area contributed by atoms with E-state index in [2.05, 4.69) is 45.5 Å². The van der Waals surface area contributed by atoms with Gasteiger partial charge in [-0.3, -0.25) is 14.5 Å². The molecule has 0 saturated carbocycles.